The van der Waals surface area contributed by atoms with Crippen LogP contribution in [0, 0.1) is 6.92 Å². The van der Waals surface area contributed by atoms with Crippen LogP contribution in [-0.4, -0.2) is 27.3 Å². The Kier molecular flexibility index (Phi) is 3.25. The van der Waals surface area contributed by atoms with E-state index < -0.39 is 29.2 Å². The minimum absolute atomic E-state index is 0.299. The predicted molar refractivity (Wildman–Crippen MR) is 49.1 cm³/mol. The van der Waals surface area contributed by atoms with Gasteiger partial charge >= 0.3 is 12.1 Å². The van der Waals surface area contributed by atoms with Gasteiger partial charge in [-0.3, -0.25) is 4.79 Å². The van der Waals surface area contributed by atoms with Gasteiger partial charge in [-0.25, -0.2) is 4.98 Å². The Morgan fingerprint density at radius 1 is 1.56 bits per heavy atom. The molecule has 1 rings (SSSR count). The molecule has 4 nitrogen and oxygen atoms in total. The Hall–Kier alpha value is -1.15. The van der Waals surface area contributed by atoms with Crippen LogP contribution >= 0.6 is 11.3 Å². The van der Waals surface area contributed by atoms with Crippen LogP contribution in [0.5, 0.6) is 0 Å². The highest BCUT2D eigenvalue weighted by Crippen LogP contribution is 2.42. The highest BCUT2D eigenvalue weighted by atomic mass is 32.1. The van der Waals surface area contributed by atoms with E-state index in [-0.39, 0.29) is 0 Å². The van der Waals surface area contributed by atoms with Gasteiger partial charge in [0.25, 0.3) is 0 Å². The lowest BCUT2D eigenvalue weighted by Gasteiger charge is -2.26. The number of thiazole rings is 1. The molecule has 1 aromatic heterocycles. The second kappa shape index (κ2) is 4.02. The molecule has 90 valence electrons. The van der Waals surface area contributed by atoms with Crippen molar-refractivity contribution in [2.45, 2.75) is 25.1 Å². The van der Waals surface area contributed by atoms with Crippen molar-refractivity contribution in [1.29, 1.82) is 0 Å². The third kappa shape index (κ3) is 2.33. The van der Waals surface area contributed by atoms with Crippen molar-refractivity contribution in [3.8, 4) is 0 Å². The van der Waals surface area contributed by atoms with Gasteiger partial charge in [0.15, 0.2) is 0 Å². The third-order valence-electron chi connectivity index (χ3n) is 1.85. The molecule has 1 unspecified atom stereocenters. The van der Waals surface area contributed by atoms with E-state index in [2.05, 4.69) is 4.98 Å². The predicted octanol–water partition coefficient (Wildman–Crippen LogP) is 1.68. The summed E-state index contributed by atoms with van der Waals surface area (Å²) in [5, 5.41) is 18.5. The summed E-state index contributed by atoms with van der Waals surface area (Å²) in [6, 6.07) is 0. The third-order valence-corrected chi connectivity index (χ3v) is 2.96. The van der Waals surface area contributed by atoms with E-state index >= 15 is 0 Å². The van der Waals surface area contributed by atoms with Gasteiger partial charge in [-0.15, -0.1) is 11.3 Å². The number of nitrogens with zero attached hydrogens (tertiary/aromatic N) is 1. The summed E-state index contributed by atoms with van der Waals surface area (Å²) < 4.78 is 37.8. The van der Waals surface area contributed by atoms with Gasteiger partial charge in [-0.2, -0.15) is 13.2 Å². The number of hydrogen-bond donors (Lipinski definition) is 2. The smallest absolute Gasteiger partial charge is 0.424 e. The molecule has 1 atom stereocenters. The molecule has 0 aliphatic rings. The van der Waals surface area contributed by atoms with Gasteiger partial charge in [0.05, 0.1) is 6.42 Å². The topological polar surface area (TPSA) is 70.4 Å². The Balaban J connectivity index is 3.19. The second-order valence-corrected chi connectivity index (χ2v) is 4.08. The highest BCUT2D eigenvalue weighted by Gasteiger charge is 2.58. The summed E-state index contributed by atoms with van der Waals surface area (Å²) in [5.41, 5.74) is -3.12. The van der Waals surface area contributed by atoms with Crippen LogP contribution in [0.1, 0.15) is 17.1 Å². The molecule has 0 fully saturated rings. The zero-order chi connectivity index (χ0) is 12.6. The number of alkyl halides is 3. The fourth-order valence-electron chi connectivity index (χ4n) is 1.06. The highest BCUT2D eigenvalue weighted by molar-refractivity contribution is 7.09. The molecule has 0 saturated carbocycles. The average molecular weight is 255 g/mol. The zero-order valence-electron chi connectivity index (χ0n) is 8.08. The summed E-state index contributed by atoms with van der Waals surface area (Å²) in [6.07, 6.45) is -6.53. The maximum Gasteiger partial charge on any atom is 0.424 e. The number of aryl methyl sites for hydroxylation is 1. The Morgan fingerprint density at radius 3 is 2.44 bits per heavy atom. The normalized spacial score (nSPS) is 15.8. The quantitative estimate of drug-likeness (QED) is 0.862. The second-order valence-electron chi connectivity index (χ2n) is 3.22. The van der Waals surface area contributed by atoms with E-state index in [0.29, 0.717) is 17.0 Å². The molecule has 0 spiro atoms. The van der Waals surface area contributed by atoms with Crippen LogP contribution in [0.3, 0.4) is 0 Å². The number of carboxylic acid groups (broad SMARTS) is 1. The van der Waals surface area contributed by atoms with Gasteiger partial charge in [0, 0.05) is 11.1 Å². The first kappa shape index (κ1) is 12.9. The molecular formula is C8H8F3NO3S. The summed E-state index contributed by atoms with van der Waals surface area (Å²) in [4.78, 5) is 13.8. The first-order valence-electron chi connectivity index (χ1n) is 4.10. The Bertz CT molecular complexity index is 403. The summed E-state index contributed by atoms with van der Waals surface area (Å²) in [5.74, 6) is -1.74. The van der Waals surface area contributed by atoms with Gasteiger partial charge < -0.3 is 10.2 Å². The zero-order valence-corrected chi connectivity index (χ0v) is 8.89. The Labute approximate surface area is 92.4 Å². The number of carboxylic acids is 1. The first-order chi connectivity index (χ1) is 7.17. The molecule has 1 heterocycles. The maximum atomic E-state index is 12.6. The lowest BCUT2D eigenvalue weighted by atomic mass is 10.00. The maximum absolute atomic E-state index is 12.6. The average Bonchev–Trinajstić information content (AvgIpc) is 2.48. The lowest BCUT2D eigenvalue weighted by Crippen LogP contribution is -2.44. The first-order valence-corrected chi connectivity index (χ1v) is 4.98. The largest absolute Gasteiger partial charge is 0.481 e. The van der Waals surface area contributed by atoms with Gasteiger partial charge in [-0.05, 0) is 6.92 Å². The van der Waals surface area contributed by atoms with E-state index in [9.17, 15) is 23.1 Å². The molecule has 1 aromatic rings. The van der Waals surface area contributed by atoms with E-state index in [1.54, 1.807) is 0 Å². The van der Waals surface area contributed by atoms with Crippen molar-refractivity contribution < 1.29 is 28.2 Å². The van der Waals surface area contributed by atoms with Crippen LogP contribution in [0.4, 0.5) is 13.2 Å². The monoisotopic (exact) mass is 255 g/mol. The molecule has 0 amide bonds. The summed E-state index contributed by atoms with van der Waals surface area (Å²) in [7, 11) is 0. The van der Waals surface area contributed by atoms with Crippen molar-refractivity contribution in [2.75, 3.05) is 0 Å². The Morgan fingerprint density at radius 2 is 2.12 bits per heavy atom. The number of hydrogen-bond acceptors (Lipinski definition) is 4. The fourth-order valence-corrected chi connectivity index (χ4v) is 1.97. The molecule has 8 heteroatoms. The molecular weight excluding hydrogens is 247 g/mol. The fraction of sp³-hybridized carbons (Fsp3) is 0.500. The van der Waals surface area contributed by atoms with Crippen LogP contribution < -0.4 is 0 Å². The number of halogens is 3. The van der Waals surface area contributed by atoms with Crippen molar-refractivity contribution in [3.05, 3.63) is 16.1 Å². The van der Waals surface area contributed by atoms with Crippen LogP contribution in [0.2, 0.25) is 0 Å². The molecule has 16 heavy (non-hydrogen) atoms. The minimum atomic E-state index is -5.07. The molecule has 0 bridgehead atoms. The van der Waals surface area contributed by atoms with E-state index in [1.165, 1.54) is 12.3 Å². The van der Waals surface area contributed by atoms with Crippen LogP contribution in [0.15, 0.2) is 5.38 Å². The SMILES string of the molecule is Cc1csc(C(O)(CC(=O)O)C(F)(F)F)n1. The van der Waals surface area contributed by atoms with Crippen molar-refractivity contribution in [1.82, 2.24) is 4.98 Å². The van der Waals surface area contributed by atoms with Crippen molar-refractivity contribution in [3.63, 3.8) is 0 Å². The van der Waals surface area contributed by atoms with Crippen molar-refractivity contribution in [2.24, 2.45) is 0 Å². The number of rotatable bonds is 3. The molecule has 0 aromatic carbocycles. The standard InChI is InChI=1S/C8H8F3NO3S/c1-4-3-16-6(12-4)7(15,2-5(13)14)8(9,10)11/h3,15H,2H2,1H3,(H,13,14). The summed E-state index contributed by atoms with van der Waals surface area (Å²) >= 11 is 0.581. The number of aliphatic carboxylic acids is 1. The van der Waals surface area contributed by atoms with Gasteiger partial charge in [0.2, 0.25) is 5.60 Å². The molecule has 0 saturated heterocycles. The van der Waals surface area contributed by atoms with E-state index in [4.69, 9.17) is 5.11 Å². The summed E-state index contributed by atoms with van der Waals surface area (Å²) in [6.45, 7) is 1.46. The minimum Gasteiger partial charge on any atom is -0.481 e. The molecule has 0 radical (unpaired) electrons. The molecule has 0 aliphatic carbocycles. The van der Waals surface area contributed by atoms with E-state index in [0.717, 1.165) is 0 Å². The van der Waals surface area contributed by atoms with E-state index in [1.807, 2.05) is 0 Å². The lowest BCUT2D eigenvalue weighted by molar-refractivity contribution is -0.269. The molecule has 2 N–H and O–H groups in total. The van der Waals surface area contributed by atoms with Gasteiger partial charge in [0.1, 0.15) is 5.01 Å². The van der Waals surface area contributed by atoms with Crippen LogP contribution in [-0.2, 0) is 10.4 Å². The number of aliphatic hydroxyl groups is 1. The molecule has 0 aliphatic heterocycles. The van der Waals surface area contributed by atoms with Crippen LogP contribution in [0.25, 0.3) is 0 Å². The number of aromatic nitrogens is 1. The number of carbonyl (C=O) groups is 1. The van der Waals surface area contributed by atoms with Crippen molar-refractivity contribution >= 4 is 17.3 Å². The van der Waals surface area contributed by atoms with Gasteiger partial charge in [-0.1, -0.05) is 0 Å².